The molecule has 0 spiro atoms. The Labute approximate surface area is 81.7 Å². The summed E-state index contributed by atoms with van der Waals surface area (Å²) in [7, 11) is -3.65. The van der Waals surface area contributed by atoms with Crippen molar-refractivity contribution in [2.24, 2.45) is 0 Å². The minimum Gasteiger partial charge on any atom is -0.279 e. The Bertz CT molecular complexity index is 437. The zero-order chi connectivity index (χ0) is 10.6. The zero-order valence-electron chi connectivity index (χ0n) is 7.38. The van der Waals surface area contributed by atoms with Gasteiger partial charge >= 0.3 is 0 Å². The molecule has 74 valence electrons. The second-order valence-corrected chi connectivity index (χ2v) is 4.55. The molecular weight excluding hydrogens is 204 g/mol. The molecule has 0 radical (unpaired) electrons. The molecule has 1 heterocycles. The highest BCUT2D eigenvalue weighted by Gasteiger charge is 2.19. The summed E-state index contributed by atoms with van der Waals surface area (Å²) in [4.78, 5) is 7.27. The van der Waals surface area contributed by atoms with E-state index >= 15 is 0 Å². The van der Waals surface area contributed by atoms with Crippen molar-refractivity contribution in [1.29, 1.82) is 5.26 Å². The molecule has 1 aromatic heterocycles. The molecule has 0 saturated heterocycles. The maximum absolute atomic E-state index is 11.3. The van der Waals surface area contributed by atoms with E-state index in [2.05, 4.69) is 14.7 Å². The number of nitrogens with zero attached hydrogens (tertiary/aromatic N) is 3. The van der Waals surface area contributed by atoms with E-state index < -0.39 is 15.3 Å². The van der Waals surface area contributed by atoms with E-state index in [1.165, 1.54) is 25.6 Å². The molecule has 7 heteroatoms. The highest BCUT2D eigenvalue weighted by molar-refractivity contribution is 7.93. The molecule has 0 aliphatic rings. The maximum Gasteiger partial charge on any atom is 0.248 e. The summed E-state index contributed by atoms with van der Waals surface area (Å²) in [6.07, 6.45) is 3.91. The van der Waals surface area contributed by atoms with Gasteiger partial charge in [0.25, 0.3) is 0 Å². The largest absolute Gasteiger partial charge is 0.279 e. The second-order valence-electron chi connectivity index (χ2n) is 2.55. The zero-order valence-corrected chi connectivity index (χ0v) is 8.19. The van der Waals surface area contributed by atoms with Gasteiger partial charge in [0.05, 0.1) is 24.2 Å². The number of nitrogens with one attached hydrogen (secondary N) is 1. The van der Waals surface area contributed by atoms with Crippen LogP contribution in [0.1, 0.15) is 6.92 Å². The fourth-order valence-electron chi connectivity index (χ4n) is 0.674. The number of hydrogen-bond acceptors (Lipinski definition) is 5. The minimum absolute atomic E-state index is 0.245. The van der Waals surface area contributed by atoms with Crippen LogP contribution < -0.4 is 4.72 Å². The van der Waals surface area contributed by atoms with Crippen LogP contribution in [0.3, 0.4) is 0 Å². The standard InChI is InChI=1S/C7H8N4O2S/c1-6(2-8)14(12,13)11-7-3-9-5-10-4-7/h3-6,11H,1H3. The molecule has 1 N–H and O–H groups in total. The number of hydrogen-bond donors (Lipinski definition) is 1. The summed E-state index contributed by atoms with van der Waals surface area (Å²) in [5.74, 6) is 0. The first-order chi connectivity index (χ1) is 6.56. The van der Waals surface area contributed by atoms with Crippen LogP contribution in [-0.2, 0) is 10.0 Å². The summed E-state index contributed by atoms with van der Waals surface area (Å²) in [5.41, 5.74) is 0.245. The predicted octanol–water partition coefficient (Wildman–Crippen LogP) is 0.130. The fourth-order valence-corrected chi connectivity index (χ4v) is 1.42. The predicted molar refractivity (Wildman–Crippen MR) is 49.6 cm³/mol. The third-order valence-corrected chi connectivity index (χ3v) is 3.02. The molecule has 0 aliphatic heterocycles. The number of aromatic nitrogens is 2. The SMILES string of the molecule is CC(C#N)S(=O)(=O)Nc1cncnc1. The van der Waals surface area contributed by atoms with Crippen molar-refractivity contribution in [1.82, 2.24) is 9.97 Å². The van der Waals surface area contributed by atoms with E-state index in [9.17, 15) is 8.42 Å². The highest BCUT2D eigenvalue weighted by Crippen LogP contribution is 2.07. The summed E-state index contributed by atoms with van der Waals surface area (Å²) in [6, 6.07) is 1.63. The normalized spacial score (nSPS) is 12.9. The van der Waals surface area contributed by atoms with Gasteiger partial charge in [0.15, 0.2) is 5.25 Å². The summed E-state index contributed by atoms with van der Waals surface area (Å²) < 4.78 is 24.9. The molecule has 1 rings (SSSR count). The maximum atomic E-state index is 11.3. The Kier molecular flexibility index (Phi) is 2.99. The van der Waals surface area contributed by atoms with Gasteiger partial charge in [-0.2, -0.15) is 5.26 Å². The molecule has 1 aromatic rings. The first kappa shape index (κ1) is 10.4. The van der Waals surface area contributed by atoms with E-state index in [0.717, 1.165) is 0 Å². The molecule has 1 atom stereocenters. The lowest BCUT2D eigenvalue weighted by atomic mass is 10.5. The van der Waals surface area contributed by atoms with Gasteiger partial charge in [0.2, 0.25) is 10.0 Å². The Hall–Kier alpha value is -1.68. The lowest BCUT2D eigenvalue weighted by molar-refractivity contribution is 0.597. The fraction of sp³-hybridized carbons (Fsp3) is 0.286. The van der Waals surface area contributed by atoms with Crippen LogP contribution in [0, 0.1) is 11.3 Å². The van der Waals surface area contributed by atoms with Crippen LogP contribution in [0.15, 0.2) is 18.7 Å². The Morgan fingerprint density at radius 2 is 2.07 bits per heavy atom. The minimum atomic E-state index is -3.65. The number of anilines is 1. The van der Waals surface area contributed by atoms with Crippen molar-refractivity contribution in [2.75, 3.05) is 4.72 Å². The quantitative estimate of drug-likeness (QED) is 0.768. The van der Waals surface area contributed by atoms with Crippen molar-refractivity contribution >= 4 is 15.7 Å². The third kappa shape index (κ3) is 2.40. The first-order valence-electron chi connectivity index (χ1n) is 3.72. The van der Waals surface area contributed by atoms with Gasteiger partial charge in [-0.25, -0.2) is 18.4 Å². The van der Waals surface area contributed by atoms with Crippen LogP contribution in [-0.4, -0.2) is 23.6 Å². The van der Waals surface area contributed by atoms with Gasteiger partial charge < -0.3 is 0 Å². The van der Waals surface area contributed by atoms with Gasteiger partial charge in [0.1, 0.15) is 6.33 Å². The van der Waals surface area contributed by atoms with Gasteiger partial charge in [0, 0.05) is 0 Å². The molecule has 0 bridgehead atoms. The summed E-state index contributed by atoms with van der Waals surface area (Å²) >= 11 is 0. The van der Waals surface area contributed by atoms with Crippen molar-refractivity contribution in [2.45, 2.75) is 12.2 Å². The van der Waals surface area contributed by atoms with Crippen LogP contribution in [0.4, 0.5) is 5.69 Å². The summed E-state index contributed by atoms with van der Waals surface area (Å²) in [6.45, 7) is 1.30. The monoisotopic (exact) mass is 212 g/mol. The van der Waals surface area contributed by atoms with Crippen LogP contribution in [0.5, 0.6) is 0 Å². The van der Waals surface area contributed by atoms with E-state index in [0.29, 0.717) is 0 Å². The number of rotatable bonds is 3. The van der Waals surface area contributed by atoms with Crippen LogP contribution >= 0.6 is 0 Å². The van der Waals surface area contributed by atoms with Gasteiger partial charge in [-0.05, 0) is 6.92 Å². The third-order valence-electron chi connectivity index (χ3n) is 1.47. The van der Waals surface area contributed by atoms with Crippen molar-refractivity contribution in [3.63, 3.8) is 0 Å². The molecule has 0 saturated carbocycles. The molecule has 0 amide bonds. The van der Waals surface area contributed by atoms with E-state index in [4.69, 9.17) is 5.26 Å². The van der Waals surface area contributed by atoms with E-state index in [1.807, 2.05) is 0 Å². The molecule has 0 aromatic carbocycles. The topological polar surface area (TPSA) is 95.7 Å². The molecule has 6 nitrogen and oxygen atoms in total. The van der Waals surface area contributed by atoms with Crippen LogP contribution in [0.25, 0.3) is 0 Å². The average molecular weight is 212 g/mol. The molecular formula is C7H8N4O2S. The molecule has 0 fully saturated rings. The van der Waals surface area contributed by atoms with Gasteiger partial charge in [-0.1, -0.05) is 0 Å². The number of nitriles is 1. The van der Waals surface area contributed by atoms with Gasteiger partial charge in [-0.3, -0.25) is 4.72 Å². The highest BCUT2D eigenvalue weighted by atomic mass is 32.2. The Morgan fingerprint density at radius 1 is 1.50 bits per heavy atom. The second kappa shape index (κ2) is 4.02. The van der Waals surface area contributed by atoms with Gasteiger partial charge in [-0.15, -0.1) is 0 Å². The number of sulfonamides is 1. The molecule has 0 aliphatic carbocycles. The lowest BCUT2D eigenvalue weighted by Gasteiger charge is -2.07. The molecule has 1 unspecified atom stereocenters. The Morgan fingerprint density at radius 3 is 2.57 bits per heavy atom. The van der Waals surface area contributed by atoms with E-state index in [-0.39, 0.29) is 5.69 Å². The first-order valence-corrected chi connectivity index (χ1v) is 5.27. The summed E-state index contributed by atoms with van der Waals surface area (Å²) in [5, 5.41) is 7.34. The van der Waals surface area contributed by atoms with E-state index in [1.54, 1.807) is 6.07 Å². The average Bonchev–Trinajstić information content (AvgIpc) is 2.17. The van der Waals surface area contributed by atoms with Crippen molar-refractivity contribution < 1.29 is 8.42 Å². The van der Waals surface area contributed by atoms with Crippen LogP contribution in [0.2, 0.25) is 0 Å². The van der Waals surface area contributed by atoms with Crippen molar-refractivity contribution in [3.8, 4) is 6.07 Å². The molecule has 14 heavy (non-hydrogen) atoms. The lowest BCUT2D eigenvalue weighted by Crippen LogP contribution is -2.23. The van der Waals surface area contributed by atoms with Crippen molar-refractivity contribution in [3.05, 3.63) is 18.7 Å². The Balaban J connectivity index is 2.86. The smallest absolute Gasteiger partial charge is 0.248 e.